The Labute approximate surface area is 138 Å². The Balaban J connectivity index is 1.87. The first-order valence-corrected chi connectivity index (χ1v) is 8.11. The molecule has 2 aliphatic rings. The van der Waals surface area contributed by atoms with Crippen LogP contribution in [0.5, 0.6) is 11.5 Å². The number of likely N-dealkylation sites (N-methyl/N-ethyl adjacent to an activating group) is 1. The van der Waals surface area contributed by atoms with Gasteiger partial charge in [-0.1, -0.05) is 24.0 Å². The van der Waals surface area contributed by atoms with E-state index in [9.17, 15) is 4.79 Å². The molecule has 3 rings (SSSR count). The molecular weight excluding hydrogens is 318 g/mol. The quantitative estimate of drug-likeness (QED) is 0.627. The number of thioether (sulfide) groups is 1. The minimum atomic E-state index is -0.0288. The van der Waals surface area contributed by atoms with Crippen molar-refractivity contribution < 1.29 is 14.3 Å². The Morgan fingerprint density at radius 2 is 2.32 bits per heavy atom. The first-order chi connectivity index (χ1) is 10.6. The molecule has 1 amide bonds. The predicted molar refractivity (Wildman–Crippen MR) is 92.1 cm³/mol. The molecule has 0 saturated carbocycles. The number of carbonyl (C=O) groups is 1. The smallest absolute Gasteiger partial charge is 0.266 e. The van der Waals surface area contributed by atoms with Gasteiger partial charge in [0, 0.05) is 18.2 Å². The predicted octanol–water partition coefficient (Wildman–Crippen LogP) is 3.24. The Hall–Kier alpha value is -1.79. The van der Waals surface area contributed by atoms with Crippen LogP contribution in [0, 0.1) is 0 Å². The third kappa shape index (κ3) is 2.76. The average molecular weight is 333 g/mol. The molecule has 1 aromatic rings. The highest BCUT2D eigenvalue weighted by Gasteiger charge is 2.31. The Morgan fingerprint density at radius 3 is 3.00 bits per heavy atom. The number of methoxy groups -OCH3 is 1. The second kappa shape index (κ2) is 6.14. The van der Waals surface area contributed by atoms with E-state index in [0.717, 1.165) is 22.6 Å². The second-order valence-corrected chi connectivity index (χ2v) is 6.51. The zero-order valence-corrected chi connectivity index (χ0v) is 13.9. The van der Waals surface area contributed by atoms with Gasteiger partial charge in [-0.3, -0.25) is 9.69 Å². The van der Waals surface area contributed by atoms with Crippen LogP contribution >= 0.6 is 24.0 Å². The molecule has 0 aliphatic carbocycles. The van der Waals surface area contributed by atoms with E-state index < -0.39 is 0 Å². The fourth-order valence-electron chi connectivity index (χ4n) is 2.31. The molecule has 0 unspecified atom stereocenters. The second-order valence-electron chi connectivity index (χ2n) is 4.84. The lowest BCUT2D eigenvalue weighted by molar-refractivity contribution is -0.122. The number of rotatable bonds is 3. The number of carbonyl (C=O) groups excluding carboxylic acids is 1. The molecule has 0 N–H and O–H groups in total. The number of thiocarbonyl (C=S) groups is 1. The van der Waals surface area contributed by atoms with Crippen LogP contribution in [-0.2, 0) is 4.79 Å². The van der Waals surface area contributed by atoms with E-state index >= 15 is 0 Å². The summed E-state index contributed by atoms with van der Waals surface area (Å²) in [6.45, 7) is 2.94. The number of fused-ring (bicyclic) bond motifs is 1. The highest BCUT2D eigenvalue weighted by molar-refractivity contribution is 8.26. The minimum absolute atomic E-state index is 0.0288. The van der Waals surface area contributed by atoms with Crippen molar-refractivity contribution in [2.45, 2.75) is 6.92 Å². The van der Waals surface area contributed by atoms with Crippen LogP contribution in [0.1, 0.15) is 12.5 Å². The van der Waals surface area contributed by atoms with Crippen molar-refractivity contribution in [2.75, 3.05) is 20.3 Å². The largest absolute Gasteiger partial charge is 0.497 e. The normalized spacial score (nSPS) is 19.1. The molecule has 0 spiro atoms. The van der Waals surface area contributed by atoms with Gasteiger partial charge in [0.05, 0.1) is 12.0 Å². The molecule has 6 heteroatoms. The van der Waals surface area contributed by atoms with Gasteiger partial charge in [-0.25, -0.2) is 0 Å². The molecule has 22 heavy (non-hydrogen) atoms. The Morgan fingerprint density at radius 1 is 1.50 bits per heavy atom. The molecule has 1 saturated heterocycles. The molecule has 114 valence electrons. The van der Waals surface area contributed by atoms with Crippen molar-refractivity contribution in [3.8, 4) is 11.5 Å². The monoisotopic (exact) mass is 333 g/mol. The molecule has 2 heterocycles. The van der Waals surface area contributed by atoms with Gasteiger partial charge < -0.3 is 9.47 Å². The van der Waals surface area contributed by atoms with Crippen LogP contribution in [0.25, 0.3) is 6.08 Å². The molecule has 2 aliphatic heterocycles. The summed E-state index contributed by atoms with van der Waals surface area (Å²) in [4.78, 5) is 14.5. The van der Waals surface area contributed by atoms with Gasteiger partial charge in [0.15, 0.2) is 0 Å². The maximum Gasteiger partial charge on any atom is 0.266 e. The Kier molecular flexibility index (Phi) is 4.22. The number of hydrogen-bond donors (Lipinski definition) is 0. The standard InChI is InChI=1S/C16H15NO3S2/c1-3-17-15(18)14(22-16(17)21)7-10-6-11-4-5-12(19-2)8-13(11)20-9-10/h4-8H,3,9H2,1-2H3/b14-7+. The van der Waals surface area contributed by atoms with Crippen molar-refractivity contribution >= 4 is 40.3 Å². The summed E-state index contributed by atoms with van der Waals surface area (Å²) in [5.41, 5.74) is 1.93. The average Bonchev–Trinajstić information content (AvgIpc) is 2.80. The van der Waals surface area contributed by atoms with Gasteiger partial charge in [0.25, 0.3) is 5.91 Å². The fourth-order valence-corrected chi connectivity index (χ4v) is 3.71. The van der Waals surface area contributed by atoms with E-state index in [0.29, 0.717) is 22.4 Å². The maximum atomic E-state index is 12.2. The highest BCUT2D eigenvalue weighted by atomic mass is 32.2. The summed E-state index contributed by atoms with van der Waals surface area (Å²) in [7, 11) is 1.63. The van der Waals surface area contributed by atoms with E-state index in [4.69, 9.17) is 21.7 Å². The van der Waals surface area contributed by atoms with Crippen LogP contribution in [-0.4, -0.2) is 35.4 Å². The molecule has 0 radical (unpaired) electrons. The number of ether oxygens (including phenoxy) is 2. The van der Waals surface area contributed by atoms with E-state index in [1.165, 1.54) is 11.8 Å². The summed E-state index contributed by atoms with van der Waals surface area (Å²) in [5.74, 6) is 1.52. The van der Waals surface area contributed by atoms with Gasteiger partial charge >= 0.3 is 0 Å². The Bertz CT molecular complexity index is 709. The molecule has 1 fully saturated rings. The first-order valence-electron chi connectivity index (χ1n) is 6.89. The minimum Gasteiger partial charge on any atom is -0.497 e. The van der Waals surface area contributed by atoms with E-state index in [1.54, 1.807) is 12.0 Å². The summed E-state index contributed by atoms with van der Waals surface area (Å²) in [6, 6.07) is 5.69. The van der Waals surface area contributed by atoms with Crippen molar-refractivity contribution in [1.29, 1.82) is 0 Å². The van der Waals surface area contributed by atoms with Crippen molar-refractivity contribution in [1.82, 2.24) is 4.90 Å². The molecule has 0 atom stereocenters. The molecule has 0 bridgehead atoms. The van der Waals surface area contributed by atoms with Crippen LogP contribution in [0.4, 0.5) is 0 Å². The summed E-state index contributed by atoms with van der Waals surface area (Å²) in [5, 5.41) is 0. The van der Waals surface area contributed by atoms with Gasteiger partial charge in [-0.2, -0.15) is 0 Å². The molecule has 1 aromatic carbocycles. The number of amides is 1. The third-order valence-corrected chi connectivity index (χ3v) is 4.84. The lowest BCUT2D eigenvalue weighted by Gasteiger charge is -2.17. The van der Waals surface area contributed by atoms with Crippen LogP contribution in [0.15, 0.2) is 34.8 Å². The van der Waals surface area contributed by atoms with E-state index in [2.05, 4.69) is 0 Å². The summed E-state index contributed by atoms with van der Waals surface area (Å²) >= 11 is 6.55. The van der Waals surface area contributed by atoms with Gasteiger partial charge in [0.2, 0.25) is 0 Å². The molecule has 0 aromatic heterocycles. The number of benzene rings is 1. The van der Waals surface area contributed by atoms with Gasteiger partial charge in [0.1, 0.15) is 22.4 Å². The lowest BCUT2D eigenvalue weighted by Crippen LogP contribution is -2.27. The van der Waals surface area contributed by atoms with Gasteiger partial charge in [-0.15, -0.1) is 0 Å². The number of hydrogen-bond acceptors (Lipinski definition) is 5. The number of nitrogens with zero attached hydrogens (tertiary/aromatic N) is 1. The topological polar surface area (TPSA) is 38.8 Å². The first kappa shape index (κ1) is 15.1. The fraction of sp³-hybridized carbons (Fsp3) is 0.250. The van der Waals surface area contributed by atoms with Crippen molar-refractivity contribution in [2.24, 2.45) is 0 Å². The SMILES string of the molecule is CCN1C(=O)/C(=C\C2=Cc3ccc(OC)cc3OC2)SC1=S. The highest BCUT2D eigenvalue weighted by Crippen LogP contribution is 2.34. The summed E-state index contributed by atoms with van der Waals surface area (Å²) < 4.78 is 11.5. The van der Waals surface area contributed by atoms with Crippen LogP contribution in [0.2, 0.25) is 0 Å². The van der Waals surface area contributed by atoms with Crippen molar-refractivity contribution in [3.63, 3.8) is 0 Å². The van der Waals surface area contributed by atoms with E-state index in [1.807, 2.05) is 37.3 Å². The maximum absolute atomic E-state index is 12.2. The third-order valence-electron chi connectivity index (χ3n) is 3.46. The zero-order chi connectivity index (χ0) is 15.7. The zero-order valence-electron chi connectivity index (χ0n) is 12.3. The van der Waals surface area contributed by atoms with Crippen LogP contribution in [0.3, 0.4) is 0 Å². The summed E-state index contributed by atoms with van der Waals surface area (Å²) in [6.07, 6.45) is 3.89. The van der Waals surface area contributed by atoms with Crippen LogP contribution < -0.4 is 9.47 Å². The molecular formula is C16H15NO3S2. The molecule has 4 nitrogen and oxygen atoms in total. The van der Waals surface area contributed by atoms with E-state index in [-0.39, 0.29) is 5.91 Å². The van der Waals surface area contributed by atoms with Gasteiger partial charge in [-0.05, 0) is 36.8 Å². The lowest BCUT2D eigenvalue weighted by atomic mass is 10.1. The van der Waals surface area contributed by atoms with Crippen molar-refractivity contribution in [3.05, 3.63) is 40.3 Å².